The summed E-state index contributed by atoms with van der Waals surface area (Å²) in [5, 5.41) is 0. The van der Waals surface area contributed by atoms with Gasteiger partial charge in [-0.15, -0.1) is 0 Å². The van der Waals surface area contributed by atoms with Gasteiger partial charge in [0.2, 0.25) is 5.91 Å². The van der Waals surface area contributed by atoms with E-state index in [1.807, 2.05) is 45.9 Å². The van der Waals surface area contributed by atoms with E-state index in [1.54, 1.807) is 0 Å². The third kappa shape index (κ3) is 3.54. The van der Waals surface area contributed by atoms with E-state index in [2.05, 4.69) is 4.99 Å². The molecule has 1 aromatic rings. The van der Waals surface area contributed by atoms with Crippen LogP contribution in [-0.2, 0) is 11.3 Å². The van der Waals surface area contributed by atoms with Gasteiger partial charge in [-0.3, -0.25) is 9.69 Å². The molecular weight excluding hydrogens is 266 g/mol. The molecule has 1 aliphatic rings. The van der Waals surface area contributed by atoms with Crippen molar-refractivity contribution < 1.29 is 9.53 Å². The Balaban J connectivity index is 2.29. The van der Waals surface area contributed by atoms with E-state index in [0.29, 0.717) is 19.6 Å². The summed E-state index contributed by atoms with van der Waals surface area (Å²) in [4.78, 5) is 18.2. The smallest absolute Gasteiger partial charge is 0.232 e. The molecule has 1 aromatic carbocycles. The van der Waals surface area contributed by atoms with Gasteiger partial charge in [0.15, 0.2) is 5.96 Å². The Morgan fingerprint density at radius 3 is 2.76 bits per heavy atom. The fourth-order valence-corrected chi connectivity index (χ4v) is 2.47. The highest BCUT2D eigenvalue weighted by atomic mass is 16.5. The van der Waals surface area contributed by atoms with Crippen LogP contribution in [0.25, 0.3) is 0 Å². The molecule has 0 spiro atoms. The summed E-state index contributed by atoms with van der Waals surface area (Å²) < 4.78 is 5.63. The maximum Gasteiger partial charge on any atom is 0.232 e. The zero-order valence-corrected chi connectivity index (χ0v) is 13.1. The van der Waals surface area contributed by atoms with Gasteiger partial charge in [0, 0.05) is 5.56 Å². The van der Waals surface area contributed by atoms with Crippen LogP contribution in [0.3, 0.4) is 0 Å². The van der Waals surface area contributed by atoms with Crippen LogP contribution in [0.4, 0.5) is 0 Å². The fraction of sp³-hybridized carbons (Fsp3) is 0.500. The predicted octanol–water partition coefficient (Wildman–Crippen LogP) is 2.22. The number of amides is 1. The van der Waals surface area contributed by atoms with Crippen molar-refractivity contribution >= 4 is 11.9 Å². The summed E-state index contributed by atoms with van der Waals surface area (Å²) in [6, 6.07) is 5.94. The lowest BCUT2D eigenvalue weighted by atomic mass is 9.99. The Hall–Kier alpha value is -2.04. The second kappa shape index (κ2) is 5.76. The zero-order valence-electron chi connectivity index (χ0n) is 13.1. The number of nitrogens with zero attached hydrogens (tertiary/aromatic N) is 2. The SMILES string of the molecule is CCOc1ccc(C)cc1CN1C(=O)CC(C)(C)N=C1N. The van der Waals surface area contributed by atoms with Crippen molar-refractivity contribution in [2.45, 2.75) is 46.2 Å². The normalized spacial score (nSPS) is 17.6. The Morgan fingerprint density at radius 2 is 2.14 bits per heavy atom. The van der Waals surface area contributed by atoms with Crippen LogP contribution < -0.4 is 10.5 Å². The van der Waals surface area contributed by atoms with Crippen LogP contribution in [0.5, 0.6) is 5.75 Å². The van der Waals surface area contributed by atoms with Crippen molar-refractivity contribution in [3.05, 3.63) is 29.3 Å². The number of carbonyl (C=O) groups is 1. The fourth-order valence-electron chi connectivity index (χ4n) is 2.47. The van der Waals surface area contributed by atoms with Gasteiger partial charge in [-0.2, -0.15) is 0 Å². The maximum atomic E-state index is 12.3. The molecular formula is C16H23N3O2. The average molecular weight is 289 g/mol. The molecule has 2 rings (SSSR count). The van der Waals surface area contributed by atoms with Crippen molar-refractivity contribution in [1.29, 1.82) is 0 Å². The maximum absolute atomic E-state index is 12.3. The van der Waals surface area contributed by atoms with Gasteiger partial charge < -0.3 is 10.5 Å². The predicted molar refractivity (Wildman–Crippen MR) is 83.2 cm³/mol. The van der Waals surface area contributed by atoms with Crippen molar-refractivity contribution in [1.82, 2.24) is 4.90 Å². The molecule has 0 saturated heterocycles. The Bertz CT molecular complexity index is 579. The van der Waals surface area contributed by atoms with Crippen molar-refractivity contribution in [2.24, 2.45) is 10.7 Å². The molecule has 0 unspecified atom stereocenters. The summed E-state index contributed by atoms with van der Waals surface area (Å²) in [5.74, 6) is 1.06. The largest absolute Gasteiger partial charge is 0.494 e. The third-order valence-electron chi connectivity index (χ3n) is 3.42. The number of rotatable bonds is 4. The first-order valence-corrected chi connectivity index (χ1v) is 7.20. The lowest BCUT2D eigenvalue weighted by Gasteiger charge is -2.33. The lowest BCUT2D eigenvalue weighted by molar-refractivity contribution is -0.129. The molecule has 0 aromatic heterocycles. The first kappa shape index (κ1) is 15.4. The summed E-state index contributed by atoms with van der Waals surface area (Å²) in [6.45, 7) is 8.74. The van der Waals surface area contributed by atoms with Crippen LogP contribution >= 0.6 is 0 Å². The van der Waals surface area contributed by atoms with Crippen molar-refractivity contribution in [3.8, 4) is 5.75 Å². The van der Waals surface area contributed by atoms with Gasteiger partial charge in [-0.05, 0) is 33.8 Å². The second-order valence-corrected chi connectivity index (χ2v) is 5.98. The van der Waals surface area contributed by atoms with Gasteiger partial charge >= 0.3 is 0 Å². The lowest BCUT2D eigenvalue weighted by Crippen LogP contribution is -2.49. The number of aliphatic imine (C=N–C) groups is 1. The molecule has 1 amide bonds. The molecule has 0 atom stereocenters. The van der Waals surface area contributed by atoms with Gasteiger partial charge in [0.1, 0.15) is 5.75 Å². The number of hydrogen-bond acceptors (Lipinski definition) is 4. The molecule has 114 valence electrons. The van der Waals surface area contributed by atoms with Crippen LogP contribution in [-0.4, -0.2) is 28.9 Å². The van der Waals surface area contributed by atoms with Gasteiger partial charge in [0.25, 0.3) is 0 Å². The summed E-state index contributed by atoms with van der Waals surface area (Å²) >= 11 is 0. The van der Waals surface area contributed by atoms with E-state index in [9.17, 15) is 4.79 Å². The molecule has 1 heterocycles. The van der Waals surface area contributed by atoms with Crippen molar-refractivity contribution in [2.75, 3.05) is 6.61 Å². The first-order valence-electron chi connectivity index (χ1n) is 7.20. The van der Waals surface area contributed by atoms with Crippen molar-refractivity contribution in [3.63, 3.8) is 0 Å². The number of carbonyl (C=O) groups excluding carboxylic acids is 1. The van der Waals surface area contributed by atoms with E-state index in [1.165, 1.54) is 4.90 Å². The van der Waals surface area contributed by atoms with Crippen LogP contribution in [0.15, 0.2) is 23.2 Å². The standard InChI is InChI=1S/C16H23N3O2/c1-5-21-13-7-6-11(2)8-12(13)10-19-14(20)9-16(3,4)18-15(19)17/h6-8H,5,9-10H2,1-4H3,(H2,17,18). The number of nitrogens with two attached hydrogens (primary N) is 1. The van der Waals surface area contributed by atoms with E-state index in [-0.39, 0.29) is 11.9 Å². The molecule has 5 nitrogen and oxygen atoms in total. The molecule has 21 heavy (non-hydrogen) atoms. The quantitative estimate of drug-likeness (QED) is 0.924. The van der Waals surface area contributed by atoms with E-state index in [4.69, 9.17) is 10.5 Å². The first-order chi connectivity index (χ1) is 9.82. The van der Waals surface area contributed by atoms with Crippen LogP contribution in [0.2, 0.25) is 0 Å². The molecule has 2 N–H and O–H groups in total. The van der Waals surface area contributed by atoms with Gasteiger partial charge in [0.05, 0.1) is 25.1 Å². The minimum absolute atomic E-state index is 0.00328. The molecule has 0 radical (unpaired) electrons. The molecule has 0 fully saturated rings. The monoisotopic (exact) mass is 289 g/mol. The number of aryl methyl sites for hydroxylation is 1. The molecule has 0 saturated carbocycles. The third-order valence-corrected chi connectivity index (χ3v) is 3.42. The Morgan fingerprint density at radius 1 is 1.43 bits per heavy atom. The van der Waals surface area contributed by atoms with E-state index >= 15 is 0 Å². The summed E-state index contributed by atoms with van der Waals surface area (Å²) in [6.07, 6.45) is 0.365. The highest BCUT2D eigenvalue weighted by Crippen LogP contribution is 2.26. The molecule has 0 aliphatic carbocycles. The van der Waals surface area contributed by atoms with Gasteiger partial charge in [-0.25, -0.2) is 4.99 Å². The number of hydrogen-bond donors (Lipinski definition) is 1. The van der Waals surface area contributed by atoms with Crippen LogP contribution in [0.1, 0.15) is 38.3 Å². The minimum atomic E-state index is -0.424. The van der Waals surface area contributed by atoms with E-state index in [0.717, 1.165) is 16.9 Å². The Labute approximate surface area is 125 Å². The topological polar surface area (TPSA) is 67.9 Å². The molecule has 5 heteroatoms. The molecule has 0 bridgehead atoms. The van der Waals surface area contributed by atoms with Crippen LogP contribution in [0, 0.1) is 6.92 Å². The summed E-state index contributed by atoms with van der Waals surface area (Å²) in [7, 11) is 0. The summed E-state index contributed by atoms with van der Waals surface area (Å²) in [5.41, 5.74) is 7.61. The van der Waals surface area contributed by atoms with E-state index < -0.39 is 5.54 Å². The zero-order chi connectivity index (χ0) is 15.6. The Kier molecular flexibility index (Phi) is 4.21. The average Bonchev–Trinajstić information content (AvgIpc) is 2.36. The molecule has 1 aliphatic heterocycles. The number of ether oxygens (including phenoxy) is 1. The highest BCUT2D eigenvalue weighted by Gasteiger charge is 2.32. The number of benzene rings is 1. The second-order valence-electron chi connectivity index (χ2n) is 5.98. The number of guanidine groups is 1. The minimum Gasteiger partial charge on any atom is -0.494 e. The highest BCUT2D eigenvalue weighted by molar-refractivity contribution is 5.98. The van der Waals surface area contributed by atoms with Gasteiger partial charge in [-0.1, -0.05) is 17.7 Å².